The van der Waals surface area contributed by atoms with Gasteiger partial charge in [-0.05, 0) is 32.1 Å². The Hall–Kier alpha value is -1.06. The van der Waals surface area contributed by atoms with Crippen LogP contribution in [0.4, 0.5) is 0 Å². The minimum absolute atomic E-state index is 0.102. The first-order valence-corrected chi connectivity index (χ1v) is 8.83. The number of carbonyl (C=O) groups is 2. The van der Waals surface area contributed by atoms with Crippen LogP contribution >= 0.6 is 0 Å². The molecule has 1 N–H and O–H groups in total. The van der Waals surface area contributed by atoms with Crippen LogP contribution in [-0.2, 0) is 9.59 Å². The van der Waals surface area contributed by atoms with Crippen LogP contribution < -0.4 is 5.32 Å². The quantitative estimate of drug-likeness (QED) is 0.869. The minimum atomic E-state index is -0.567. The summed E-state index contributed by atoms with van der Waals surface area (Å²) in [7, 11) is 0. The lowest BCUT2D eigenvalue weighted by molar-refractivity contribution is -0.160. The molecule has 3 aliphatic rings. The zero-order valence-corrected chi connectivity index (χ0v) is 13.2. The zero-order chi connectivity index (χ0) is 14.9. The largest absolute Gasteiger partial charge is 0.340 e. The van der Waals surface area contributed by atoms with E-state index in [0.717, 1.165) is 51.4 Å². The zero-order valence-electron chi connectivity index (χ0n) is 13.2. The number of amides is 2. The van der Waals surface area contributed by atoms with Crippen molar-refractivity contribution in [2.45, 2.75) is 95.2 Å². The Morgan fingerprint density at radius 2 is 1.76 bits per heavy atom. The van der Waals surface area contributed by atoms with Crippen molar-refractivity contribution in [2.24, 2.45) is 0 Å². The van der Waals surface area contributed by atoms with E-state index in [0.29, 0.717) is 6.04 Å². The molecule has 2 aliphatic carbocycles. The standard InChI is InChI=1S/C17H28N2O2/c1-2-8-14-15(20)18-17(11-6-3-7-12-17)16(21)19(14)13-9-4-5-10-13/h13-14H,2-12H2,1H3,(H,18,20). The Bertz CT molecular complexity index is 409. The summed E-state index contributed by atoms with van der Waals surface area (Å²) in [5.74, 6) is 0.331. The Kier molecular flexibility index (Phi) is 4.23. The molecule has 4 nitrogen and oxygen atoms in total. The number of rotatable bonds is 3. The van der Waals surface area contributed by atoms with Gasteiger partial charge in [0.15, 0.2) is 0 Å². The summed E-state index contributed by atoms with van der Waals surface area (Å²) < 4.78 is 0. The van der Waals surface area contributed by atoms with Gasteiger partial charge in [0, 0.05) is 6.04 Å². The van der Waals surface area contributed by atoms with Gasteiger partial charge in [0.1, 0.15) is 11.6 Å². The molecule has 3 rings (SSSR count). The average Bonchev–Trinajstić information content (AvgIpc) is 3.00. The highest BCUT2D eigenvalue weighted by molar-refractivity contribution is 6.00. The third-order valence-corrected chi connectivity index (χ3v) is 5.63. The summed E-state index contributed by atoms with van der Waals surface area (Å²) in [6.07, 6.45) is 11.3. The fourth-order valence-electron chi connectivity index (χ4n) is 4.53. The van der Waals surface area contributed by atoms with Crippen molar-refractivity contribution in [3.05, 3.63) is 0 Å². The van der Waals surface area contributed by atoms with Gasteiger partial charge < -0.3 is 10.2 Å². The van der Waals surface area contributed by atoms with Crippen molar-refractivity contribution >= 4 is 11.8 Å². The Morgan fingerprint density at radius 1 is 1.10 bits per heavy atom. The minimum Gasteiger partial charge on any atom is -0.340 e. The van der Waals surface area contributed by atoms with Gasteiger partial charge in [0.05, 0.1) is 0 Å². The Morgan fingerprint density at radius 3 is 2.38 bits per heavy atom. The predicted molar refractivity (Wildman–Crippen MR) is 81.8 cm³/mol. The lowest BCUT2D eigenvalue weighted by Gasteiger charge is -2.49. The second-order valence-corrected chi connectivity index (χ2v) is 7.09. The topological polar surface area (TPSA) is 49.4 Å². The molecule has 2 saturated carbocycles. The van der Waals surface area contributed by atoms with Gasteiger partial charge in [-0.15, -0.1) is 0 Å². The van der Waals surface area contributed by atoms with Crippen molar-refractivity contribution in [2.75, 3.05) is 0 Å². The summed E-state index contributed by atoms with van der Waals surface area (Å²) in [5.41, 5.74) is -0.567. The van der Waals surface area contributed by atoms with Crippen LogP contribution in [-0.4, -0.2) is 34.3 Å². The molecule has 4 heteroatoms. The van der Waals surface area contributed by atoms with Crippen LogP contribution in [0.1, 0.15) is 77.6 Å². The fraction of sp³-hybridized carbons (Fsp3) is 0.882. The molecule has 1 atom stereocenters. The molecule has 0 aromatic rings. The second kappa shape index (κ2) is 5.98. The predicted octanol–water partition coefficient (Wildman–Crippen LogP) is 2.76. The van der Waals surface area contributed by atoms with E-state index >= 15 is 0 Å². The van der Waals surface area contributed by atoms with E-state index in [1.807, 2.05) is 4.90 Å². The molecule has 0 aromatic carbocycles. The Balaban J connectivity index is 1.89. The van der Waals surface area contributed by atoms with E-state index < -0.39 is 5.54 Å². The maximum absolute atomic E-state index is 13.2. The van der Waals surface area contributed by atoms with Crippen molar-refractivity contribution < 1.29 is 9.59 Å². The third kappa shape index (κ3) is 2.58. The van der Waals surface area contributed by atoms with Crippen molar-refractivity contribution in [3.63, 3.8) is 0 Å². The maximum Gasteiger partial charge on any atom is 0.249 e. The van der Waals surface area contributed by atoms with Gasteiger partial charge in [0.2, 0.25) is 11.8 Å². The molecule has 21 heavy (non-hydrogen) atoms. The second-order valence-electron chi connectivity index (χ2n) is 7.09. The van der Waals surface area contributed by atoms with Gasteiger partial charge in [-0.3, -0.25) is 9.59 Å². The molecular weight excluding hydrogens is 264 g/mol. The van der Waals surface area contributed by atoms with Gasteiger partial charge in [0.25, 0.3) is 0 Å². The first-order valence-electron chi connectivity index (χ1n) is 8.83. The first-order chi connectivity index (χ1) is 10.2. The molecule has 0 aromatic heterocycles. The SMILES string of the molecule is CCCC1C(=O)NC2(CCCCC2)C(=O)N1C1CCCC1. The number of nitrogens with one attached hydrogen (secondary N) is 1. The van der Waals surface area contributed by atoms with E-state index in [1.54, 1.807) is 0 Å². The molecule has 1 saturated heterocycles. The van der Waals surface area contributed by atoms with Crippen molar-refractivity contribution in [1.29, 1.82) is 0 Å². The molecule has 1 aliphatic heterocycles. The molecule has 2 amide bonds. The lowest BCUT2D eigenvalue weighted by Crippen LogP contribution is -2.72. The smallest absolute Gasteiger partial charge is 0.249 e. The molecule has 1 unspecified atom stereocenters. The van der Waals surface area contributed by atoms with Crippen molar-refractivity contribution in [1.82, 2.24) is 10.2 Å². The normalized spacial score (nSPS) is 30.0. The summed E-state index contributed by atoms with van der Waals surface area (Å²) in [6.45, 7) is 2.09. The first kappa shape index (κ1) is 14.9. The molecule has 0 bridgehead atoms. The summed E-state index contributed by atoms with van der Waals surface area (Å²) in [4.78, 5) is 27.9. The molecule has 1 heterocycles. The van der Waals surface area contributed by atoms with Gasteiger partial charge in [-0.1, -0.05) is 45.4 Å². The van der Waals surface area contributed by atoms with Crippen LogP contribution in [0.3, 0.4) is 0 Å². The number of hydrogen-bond acceptors (Lipinski definition) is 2. The molecule has 118 valence electrons. The molecular formula is C17H28N2O2. The highest BCUT2D eigenvalue weighted by Gasteiger charge is 2.52. The fourth-order valence-corrected chi connectivity index (χ4v) is 4.53. The number of carbonyl (C=O) groups excluding carboxylic acids is 2. The highest BCUT2D eigenvalue weighted by Crippen LogP contribution is 2.37. The Labute approximate surface area is 127 Å². The maximum atomic E-state index is 13.2. The summed E-state index contributed by atoms with van der Waals surface area (Å²) >= 11 is 0. The van der Waals surface area contributed by atoms with Crippen LogP contribution in [0, 0.1) is 0 Å². The van der Waals surface area contributed by atoms with Crippen LogP contribution in [0.2, 0.25) is 0 Å². The van der Waals surface area contributed by atoms with E-state index in [2.05, 4.69) is 12.2 Å². The van der Waals surface area contributed by atoms with Crippen molar-refractivity contribution in [3.8, 4) is 0 Å². The van der Waals surface area contributed by atoms with Crippen LogP contribution in [0.5, 0.6) is 0 Å². The number of hydrogen-bond donors (Lipinski definition) is 1. The van der Waals surface area contributed by atoms with Gasteiger partial charge in [-0.2, -0.15) is 0 Å². The average molecular weight is 292 g/mol. The molecule has 0 radical (unpaired) electrons. The van der Waals surface area contributed by atoms with Gasteiger partial charge >= 0.3 is 0 Å². The van der Waals surface area contributed by atoms with Gasteiger partial charge in [-0.25, -0.2) is 0 Å². The molecule has 1 spiro atoms. The van der Waals surface area contributed by atoms with Crippen LogP contribution in [0.15, 0.2) is 0 Å². The number of nitrogens with zero attached hydrogens (tertiary/aromatic N) is 1. The van der Waals surface area contributed by atoms with E-state index in [-0.39, 0.29) is 17.9 Å². The molecule has 3 fully saturated rings. The van der Waals surface area contributed by atoms with Crippen LogP contribution in [0.25, 0.3) is 0 Å². The monoisotopic (exact) mass is 292 g/mol. The van der Waals surface area contributed by atoms with E-state index in [4.69, 9.17) is 0 Å². The van der Waals surface area contributed by atoms with E-state index in [1.165, 1.54) is 19.3 Å². The third-order valence-electron chi connectivity index (χ3n) is 5.63. The van der Waals surface area contributed by atoms with E-state index in [9.17, 15) is 9.59 Å². The highest BCUT2D eigenvalue weighted by atomic mass is 16.2. The summed E-state index contributed by atoms with van der Waals surface area (Å²) in [5, 5.41) is 3.14. The lowest BCUT2D eigenvalue weighted by atomic mass is 9.77. The number of piperazine rings is 1. The summed E-state index contributed by atoms with van der Waals surface area (Å²) in [6, 6.07) is 0.0806.